The maximum Gasteiger partial charge on any atom is 0.472 e. The number of phosphoric acid groups is 2. The molecule has 5 atom stereocenters. The summed E-state index contributed by atoms with van der Waals surface area (Å²) in [5.41, 5.74) is 0. The molecule has 0 aliphatic carbocycles. The molecule has 5 unspecified atom stereocenters. The molecule has 0 rings (SSSR count). The number of phosphoric ester groups is 2. The van der Waals surface area contributed by atoms with Gasteiger partial charge >= 0.3 is 33.6 Å². The van der Waals surface area contributed by atoms with Crippen LogP contribution >= 0.6 is 15.6 Å². The standard InChI is InChI=1S/C75H130O16P2/c1-4-7-10-13-16-19-22-25-27-28-29-30-31-32-33-34-35-36-37-38-39-40-42-45-46-49-52-55-58-61-73(78)85-64-70(76)65-87-92(81,82)88-66-71(77)67-89-93(83,84)90-69-72(91-75(80)63-60-57-54-51-48-43-24-21-18-15-12-9-6-3)68-86-74(79)62-59-56-53-50-47-44-41-26-23-20-17-14-11-8-5-2/h7-8,10-11,16-17,19-21,24-27,29-30,32-33,41,70-72,76-77H,4-6,9,12-15,18,22-23,28,31,34-40,42-69H2,1-3H3,(H,81,82)(H,83,84)/b10-7-,11-8-,19-16-,20-17-,24-21-,27-25-,30-29-,33-32-,41-26-. The van der Waals surface area contributed by atoms with Gasteiger partial charge in [-0.1, -0.05) is 259 Å². The zero-order chi connectivity index (χ0) is 68.1. The molecule has 0 aromatic rings. The average Bonchev–Trinajstić information content (AvgIpc) is 2.91. The number of hydrogen-bond donors (Lipinski definition) is 4. The van der Waals surface area contributed by atoms with Crippen molar-refractivity contribution in [3.05, 3.63) is 109 Å². The van der Waals surface area contributed by atoms with Gasteiger partial charge in [0, 0.05) is 19.3 Å². The quantitative estimate of drug-likeness (QED) is 0.0146. The van der Waals surface area contributed by atoms with Gasteiger partial charge in [0.25, 0.3) is 0 Å². The highest BCUT2D eigenvalue weighted by atomic mass is 31.2. The molecule has 93 heavy (non-hydrogen) atoms. The molecule has 0 saturated carbocycles. The fraction of sp³-hybridized carbons (Fsp3) is 0.720. The smallest absolute Gasteiger partial charge is 0.463 e. The largest absolute Gasteiger partial charge is 0.472 e. The molecule has 0 amide bonds. The van der Waals surface area contributed by atoms with E-state index in [9.17, 15) is 43.5 Å². The first-order chi connectivity index (χ1) is 45.2. The van der Waals surface area contributed by atoms with Crippen molar-refractivity contribution in [1.82, 2.24) is 0 Å². The Labute approximate surface area is 564 Å². The molecule has 0 aliphatic heterocycles. The Bertz CT molecular complexity index is 2130. The van der Waals surface area contributed by atoms with Crippen LogP contribution in [0.5, 0.6) is 0 Å². The van der Waals surface area contributed by atoms with Gasteiger partial charge in [-0.3, -0.25) is 32.5 Å². The second-order valence-electron chi connectivity index (χ2n) is 24.0. The predicted molar refractivity (Wildman–Crippen MR) is 380 cm³/mol. The highest BCUT2D eigenvalue weighted by molar-refractivity contribution is 7.47. The number of carbonyl (C=O) groups is 3. The van der Waals surface area contributed by atoms with Crippen LogP contribution in [0.1, 0.15) is 290 Å². The van der Waals surface area contributed by atoms with E-state index in [0.29, 0.717) is 19.3 Å². The number of ether oxygens (including phenoxy) is 3. The highest BCUT2D eigenvalue weighted by Crippen LogP contribution is 2.45. The van der Waals surface area contributed by atoms with Crippen LogP contribution in [0.2, 0.25) is 0 Å². The number of aliphatic hydroxyl groups is 2. The average molecular weight is 1350 g/mol. The molecular formula is C75H130O16P2. The van der Waals surface area contributed by atoms with Crippen LogP contribution in [0.3, 0.4) is 0 Å². The van der Waals surface area contributed by atoms with Gasteiger partial charge in [-0.05, 0) is 122 Å². The Morgan fingerprint density at radius 2 is 0.570 bits per heavy atom. The molecule has 0 radical (unpaired) electrons. The molecule has 0 spiro atoms. The minimum absolute atomic E-state index is 0.0903. The van der Waals surface area contributed by atoms with Crippen LogP contribution in [0, 0.1) is 0 Å². The van der Waals surface area contributed by atoms with Crippen LogP contribution in [0.25, 0.3) is 0 Å². The fourth-order valence-corrected chi connectivity index (χ4v) is 11.1. The topological polar surface area (TPSA) is 231 Å². The third-order valence-corrected chi connectivity index (χ3v) is 16.9. The predicted octanol–water partition coefficient (Wildman–Crippen LogP) is 20.4. The van der Waals surface area contributed by atoms with Crippen molar-refractivity contribution in [2.45, 2.75) is 309 Å². The van der Waals surface area contributed by atoms with Crippen LogP contribution < -0.4 is 0 Å². The van der Waals surface area contributed by atoms with E-state index in [2.05, 4.69) is 130 Å². The first-order valence-electron chi connectivity index (χ1n) is 36.2. The Morgan fingerprint density at radius 1 is 0.312 bits per heavy atom. The summed E-state index contributed by atoms with van der Waals surface area (Å²) in [5.74, 6) is -1.60. The lowest BCUT2D eigenvalue weighted by Gasteiger charge is -2.21. The van der Waals surface area contributed by atoms with E-state index in [-0.39, 0.29) is 19.3 Å². The van der Waals surface area contributed by atoms with Crippen molar-refractivity contribution >= 4 is 33.6 Å². The van der Waals surface area contributed by atoms with Gasteiger partial charge in [0.2, 0.25) is 0 Å². The molecule has 0 bridgehead atoms. The van der Waals surface area contributed by atoms with Crippen molar-refractivity contribution in [3.63, 3.8) is 0 Å². The summed E-state index contributed by atoms with van der Waals surface area (Å²) >= 11 is 0. The van der Waals surface area contributed by atoms with E-state index < -0.39 is 91.5 Å². The molecule has 0 aromatic carbocycles. The van der Waals surface area contributed by atoms with Crippen molar-refractivity contribution in [3.8, 4) is 0 Å². The maximum atomic E-state index is 12.9. The van der Waals surface area contributed by atoms with Crippen molar-refractivity contribution in [2.24, 2.45) is 0 Å². The van der Waals surface area contributed by atoms with Crippen LogP contribution in [-0.2, 0) is 55.8 Å². The molecule has 0 fully saturated rings. The number of hydrogen-bond acceptors (Lipinski definition) is 14. The molecular weight excluding hydrogens is 1220 g/mol. The minimum atomic E-state index is -4.93. The molecule has 18 heteroatoms. The Hall–Kier alpha value is -3.79. The van der Waals surface area contributed by atoms with Gasteiger partial charge in [0.05, 0.1) is 26.4 Å². The lowest BCUT2D eigenvalue weighted by Crippen LogP contribution is -2.30. The first-order valence-corrected chi connectivity index (χ1v) is 39.2. The van der Waals surface area contributed by atoms with Gasteiger partial charge in [-0.25, -0.2) is 9.13 Å². The van der Waals surface area contributed by atoms with Crippen LogP contribution in [0.15, 0.2) is 109 Å². The van der Waals surface area contributed by atoms with Gasteiger partial charge in [-0.15, -0.1) is 0 Å². The highest BCUT2D eigenvalue weighted by Gasteiger charge is 2.29. The molecule has 0 aliphatic rings. The van der Waals surface area contributed by atoms with Gasteiger partial charge < -0.3 is 34.2 Å². The summed E-state index contributed by atoms with van der Waals surface area (Å²) in [6, 6.07) is 0. The summed E-state index contributed by atoms with van der Waals surface area (Å²) < 4.78 is 60.9. The van der Waals surface area contributed by atoms with Gasteiger partial charge in [-0.2, -0.15) is 0 Å². The summed E-state index contributed by atoms with van der Waals surface area (Å²) in [6.07, 6.45) is 77.3. The number of carbonyl (C=O) groups excluding carboxylic acids is 3. The monoisotopic (exact) mass is 1350 g/mol. The van der Waals surface area contributed by atoms with Crippen molar-refractivity contribution < 1.29 is 75.8 Å². The zero-order valence-corrected chi connectivity index (χ0v) is 59.9. The summed E-state index contributed by atoms with van der Waals surface area (Å²) in [4.78, 5) is 58.4. The second-order valence-corrected chi connectivity index (χ2v) is 26.9. The van der Waals surface area contributed by atoms with E-state index in [1.165, 1.54) is 83.5 Å². The molecule has 0 saturated heterocycles. The number of rotatable bonds is 68. The lowest BCUT2D eigenvalue weighted by atomic mass is 10.0. The van der Waals surface area contributed by atoms with Gasteiger partial charge in [0.1, 0.15) is 25.4 Å². The SMILES string of the molecule is CC/C=C\C/C=C\C/C=C\C/C=C\C/C=C\CCCCCCCCCCCCCCCC(=O)OCC(O)COP(=O)(O)OCC(O)COP(=O)(O)OCC(COC(=O)CCCCCCC/C=C\C/C=C\C/C=C\CC)OC(=O)CCCCCCC/C=C\CCCCCC. The van der Waals surface area contributed by atoms with Crippen LogP contribution in [-0.4, -0.2) is 95.9 Å². The zero-order valence-electron chi connectivity index (χ0n) is 58.1. The Kier molecular flexibility index (Phi) is 65.4. The van der Waals surface area contributed by atoms with E-state index in [0.717, 1.165) is 148 Å². The third-order valence-electron chi connectivity index (χ3n) is 15.0. The molecule has 536 valence electrons. The summed E-state index contributed by atoms with van der Waals surface area (Å²) in [6.45, 7) is 2.40. The normalized spacial score (nSPS) is 14.8. The van der Waals surface area contributed by atoms with Gasteiger partial charge in [0.15, 0.2) is 6.10 Å². The minimum Gasteiger partial charge on any atom is -0.463 e. The lowest BCUT2D eigenvalue weighted by molar-refractivity contribution is -0.161. The fourth-order valence-electron chi connectivity index (χ4n) is 9.49. The number of esters is 3. The third kappa shape index (κ3) is 69.4. The number of allylic oxidation sites excluding steroid dienone is 18. The molecule has 0 aromatic heterocycles. The van der Waals surface area contributed by atoms with E-state index in [1.807, 2.05) is 0 Å². The molecule has 4 N–H and O–H groups in total. The first kappa shape index (κ1) is 89.2. The summed E-state index contributed by atoms with van der Waals surface area (Å²) in [5, 5.41) is 20.6. The Balaban J connectivity index is 4.45. The second kappa shape index (κ2) is 68.2. The maximum absolute atomic E-state index is 12.9. The molecule has 0 heterocycles. The number of aliphatic hydroxyl groups excluding tert-OH is 2. The number of unbranched alkanes of at least 4 members (excludes halogenated alkanes) is 27. The van der Waals surface area contributed by atoms with E-state index in [1.54, 1.807) is 0 Å². The molecule has 16 nitrogen and oxygen atoms in total. The van der Waals surface area contributed by atoms with E-state index in [4.69, 9.17) is 32.3 Å². The van der Waals surface area contributed by atoms with Crippen LogP contribution in [0.4, 0.5) is 0 Å². The summed E-state index contributed by atoms with van der Waals surface area (Å²) in [7, 11) is -9.78. The Morgan fingerprint density at radius 3 is 0.914 bits per heavy atom. The van der Waals surface area contributed by atoms with Crippen molar-refractivity contribution in [1.29, 1.82) is 0 Å². The van der Waals surface area contributed by atoms with Crippen molar-refractivity contribution in [2.75, 3.05) is 39.6 Å². The van der Waals surface area contributed by atoms with E-state index >= 15 is 0 Å².